The monoisotopic (exact) mass is 288 g/mol. The Morgan fingerprint density at radius 1 is 1.05 bits per heavy atom. The summed E-state index contributed by atoms with van der Waals surface area (Å²) in [6.07, 6.45) is 0. The zero-order chi connectivity index (χ0) is 13.6. The summed E-state index contributed by atoms with van der Waals surface area (Å²) in [5, 5.41) is 1.45. The predicted molar refractivity (Wildman–Crippen MR) is 82.1 cm³/mol. The molecule has 3 rings (SSSR count). The molecule has 0 aliphatic heterocycles. The fraction of sp³-hybridized carbons (Fsp3) is 0.200. The SMILES string of the molecule is Cc1cc(C)c2nc(-c3ccc(C)s3)nc(Cl)c2c1. The van der Waals surface area contributed by atoms with Crippen LogP contribution in [0.25, 0.3) is 21.6 Å². The lowest BCUT2D eigenvalue weighted by molar-refractivity contribution is 1.22. The van der Waals surface area contributed by atoms with Gasteiger partial charge in [-0.1, -0.05) is 23.2 Å². The van der Waals surface area contributed by atoms with Crippen LogP contribution in [0.1, 0.15) is 16.0 Å². The van der Waals surface area contributed by atoms with E-state index in [4.69, 9.17) is 11.6 Å². The summed E-state index contributed by atoms with van der Waals surface area (Å²) in [5.41, 5.74) is 3.25. The van der Waals surface area contributed by atoms with E-state index in [0.717, 1.165) is 21.3 Å². The highest BCUT2D eigenvalue weighted by molar-refractivity contribution is 7.15. The zero-order valence-electron chi connectivity index (χ0n) is 11.0. The Balaban J connectivity index is 2.30. The van der Waals surface area contributed by atoms with Gasteiger partial charge in [-0.15, -0.1) is 11.3 Å². The van der Waals surface area contributed by atoms with Crippen LogP contribution in [0.4, 0.5) is 0 Å². The van der Waals surface area contributed by atoms with Crippen molar-refractivity contribution in [3.63, 3.8) is 0 Å². The lowest BCUT2D eigenvalue weighted by Gasteiger charge is -2.07. The van der Waals surface area contributed by atoms with E-state index in [2.05, 4.69) is 42.9 Å². The molecular weight excluding hydrogens is 276 g/mol. The third-order valence-electron chi connectivity index (χ3n) is 3.05. The number of aryl methyl sites for hydroxylation is 3. The quantitative estimate of drug-likeness (QED) is 0.593. The highest BCUT2D eigenvalue weighted by Gasteiger charge is 2.11. The largest absolute Gasteiger partial charge is 0.227 e. The molecule has 3 aromatic rings. The number of rotatable bonds is 1. The van der Waals surface area contributed by atoms with Crippen molar-refractivity contribution >= 4 is 33.8 Å². The van der Waals surface area contributed by atoms with E-state index < -0.39 is 0 Å². The van der Waals surface area contributed by atoms with Gasteiger partial charge in [0.25, 0.3) is 0 Å². The van der Waals surface area contributed by atoms with Gasteiger partial charge in [0.1, 0.15) is 5.15 Å². The van der Waals surface area contributed by atoms with Gasteiger partial charge in [-0.2, -0.15) is 0 Å². The molecular formula is C15H13ClN2S. The minimum atomic E-state index is 0.526. The van der Waals surface area contributed by atoms with Crippen LogP contribution in [0.3, 0.4) is 0 Å². The van der Waals surface area contributed by atoms with Crippen LogP contribution in [0, 0.1) is 20.8 Å². The number of hydrogen-bond donors (Lipinski definition) is 0. The molecule has 2 nitrogen and oxygen atoms in total. The molecule has 0 aliphatic carbocycles. The Labute approximate surface area is 121 Å². The molecule has 0 radical (unpaired) electrons. The first-order valence-corrected chi connectivity index (χ1v) is 7.25. The average molecular weight is 289 g/mol. The summed E-state index contributed by atoms with van der Waals surface area (Å²) in [7, 11) is 0. The fourth-order valence-electron chi connectivity index (χ4n) is 2.21. The molecule has 0 aliphatic rings. The van der Waals surface area contributed by atoms with Gasteiger partial charge < -0.3 is 0 Å². The van der Waals surface area contributed by atoms with Crippen LogP contribution in [0.15, 0.2) is 24.3 Å². The number of thiophene rings is 1. The Kier molecular flexibility index (Phi) is 3.03. The van der Waals surface area contributed by atoms with Gasteiger partial charge in [0.05, 0.1) is 10.4 Å². The van der Waals surface area contributed by atoms with Gasteiger partial charge in [-0.3, -0.25) is 0 Å². The van der Waals surface area contributed by atoms with E-state index in [1.165, 1.54) is 10.4 Å². The molecule has 4 heteroatoms. The number of aromatic nitrogens is 2. The summed E-state index contributed by atoms with van der Waals surface area (Å²) in [6, 6.07) is 8.27. The topological polar surface area (TPSA) is 25.8 Å². The normalized spacial score (nSPS) is 11.2. The van der Waals surface area contributed by atoms with Crippen molar-refractivity contribution in [2.75, 3.05) is 0 Å². The number of hydrogen-bond acceptors (Lipinski definition) is 3. The molecule has 0 fully saturated rings. The van der Waals surface area contributed by atoms with Crippen molar-refractivity contribution in [3.8, 4) is 10.7 Å². The molecule has 0 saturated heterocycles. The van der Waals surface area contributed by atoms with Crippen LogP contribution >= 0.6 is 22.9 Å². The molecule has 96 valence electrons. The van der Waals surface area contributed by atoms with Gasteiger partial charge in [-0.05, 0) is 44.5 Å². The van der Waals surface area contributed by atoms with Crippen LogP contribution in [-0.2, 0) is 0 Å². The highest BCUT2D eigenvalue weighted by Crippen LogP contribution is 2.30. The maximum Gasteiger partial charge on any atom is 0.171 e. The molecule has 0 bridgehead atoms. The predicted octanol–water partition coefficient (Wildman–Crippen LogP) is 4.94. The minimum Gasteiger partial charge on any atom is -0.227 e. The van der Waals surface area contributed by atoms with E-state index in [0.29, 0.717) is 11.0 Å². The smallest absolute Gasteiger partial charge is 0.171 e. The van der Waals surface area contributed by atoms with E-state index in [-0.39, 0.29) is 0 Å². The van der Waals surface area contributed by atoms with Crippen molar-refractivity contribution in [1.82, 2.24) is 9.97 Å². The summed E-state index contributed by atoms with van der Waals surface area (Å²) in [4.78, 5) is 11.4. The second-order valence-electron chi connectivity index (χ2n) is 4.73. The van der Waals surface area contributed by atoms with E-state index in [1.54, 1.807) is 11.3 Å². The van der Waals surface area contributed by atoms with Crippen molar-refractivity contribution in [2.24, 2.45) is 0 Å². The molecule has 19 heavy (non-hydrogen) atoms. The summed E-state index contributed by atoms with van der Waals surface area (Å²) in [6.45, 7) is 6.19. The fourth-order valence-corrected chi connectivity index (χ4v) is 3.24. The second-order valence-corrected chi connectivity index (χ2v) is 6.37. The Hall–Kier alpha value is -1.45. The second kappa shape index (κ2) is 4.58. The molecule has 1 aromatic carbocycles. The van der Waals surface area contributed by atoms with Crippen LogP contribution in [-0.4, -0.2) is 9.97 Å². The number of fused-ring (bicyclic) bond motifs is 1. The van der Waals surface area contributed by atoms with Crippen LogP contribution < -0.4 is 0 Å². The number of nitrogens with zero attached hydrogens (tertiary/aromatic N) is 2. The van der Waals surface area contributed by atoms with Crippen molar-refractivity contribution in [3.05, 3.63) is 45.4 Å². The summed E-state index contributed by atoms with van der Waals surface area (Å²) in [5.74, 6) is 0.711. The maximum absolute atomic E-state index is 6.32. The highest BCUT2D eigenvalue weighted by atomic mass is 35.5. The third-order valence-corrected chi connectivity index (χ3v) is 4.33. The summed E-state index contributed by atoms with van der Waals surface area (Å²) >= 11 is 8.00. The van der Waals surface area contributed by atoms with Crippen LogP contribution in [0.5, 0.6) is 0 Å². The first-order chi connectivity index (χ1) is 9.04. The Bertz CT molecular complexity index is 777. The van der Waals surface area contributed by atoms with Gasteiger partial charge in [-0.25, -0.2) is 9.97 Å². The lowest BCUT2D eigenvalue weighted by Crippen LogP contribution is -1.93. The molecule has 0 unspecified atom stereocenters. The Morgan fingerprint density at radius 3 is 2.53 bits per heavy atom. The van der Waals surface area contributed by atoms with Crippen molar-refractivity contribution < 1.29 is 0 Å². The first-order valence-electron chi connectivity index (χ1n) is 6.06. The average Bonchev–Trinajstić information content (AvgIpc) is 2.77. The minimum absolute atomic E-state index is 0.526. The van der Waals surface area contributed by atoms with Gasteiger partial charge in [0.2, 0.25) is 0 Å². The number of benzene rings is 1. The molecule has 0 atom stereocenters. The van der Waals surface area contributed by atoms with E-state index in [1.807, 2.05) is 12.1 Å². The zero-order valence-corrected chi connectivity index (χ0v) is 12.6. The standard InChI is InChI=1S/C15H13ClN2S/c1-8-6-9(2)13-11(7-8)14(16)18-15(17-13)12-5-4-10(3)19-12/h4-7H,1-3H3. The van der Waals surface area contributed by atoms with Gasteiger partial charge >= 0.3 is 0 Å². The molecule has 0 saturated carbocycles. The molecule has 2 aromatic heterocycles. The third kappa shape index (κ3) is 2.24. The van der Waals surface area contributed by atoms with E-state index >= 15 is 0 Å². The van der Waals surface area contributed by atoms with Crippen molar-refractivity contribution in [2.45, 2.75) is 20.8 Å². The lowest BCUT2D eigenvalue weighted by atomic mass is 10.1. The number of halogens is 1. The molecule has 2 heterocycles. The molecule has 0 N–H and O–H groups in total. The van der Waals surface area contributed by atoms with Gasteiger partial charge in [0, 0.05) is 10.3 Å². The Morgan fingerprint density at radius 2 is 1.84 bits per heavy atom. The van der Waals surface area contributed by atoms with Crippen LogP contribution in [0.2, 0.25) is 5.15 Å². The summed E-state index contributed by atoms with van der Waals surface area (Å²) < 4.78 is 0. The van der Waals surface area contributed by atoms with Crippen molar-refractivity contribution in [1.29, 1.82) is 0 Å². The maximum atomic E-state index is 6.32. The first kappa shape index (κ1) is 12.6. The molecule has 0 amide bonds. The molecule has 0 spiro atoms. The van der Waals surface area contributed by atoms with Gasteiger partial charge in [0.15, 0.2) is 5.82 Å². The van der Waals surface area contributed by atoms with E-state index in [9.17, 15) is 0 Å².